The first-order chi connectivity index (χ1) is 13.7. The van der Waals surface area contributed by atoms with Crippen molar-refractivity contribution < 1.29 is 4.79 Å². The van der Waals surface area contributed by atoms with Gasteiger partial charge in [-0.25, -0.2) is 4.68 Å². The maximum absolute atomic E-state index is 12.7. The molecule has 0 spiro atoms. The molecule has 144 valence electrons. The lowest BCUT2D eigenvalue weighted by Gasteiger charge is -2.24. The van der Waals surface area contributed by atoms with Crippen LogP contribution in [0.4, 0.5) is 0 Å². The highest BCUT2D eigenvalue weighted by molar-refractivity contribution is 5.85. The van der Waals surface area contributed by atoms with Gasteiger partial charge >= 0.3 is 0 Å². The van der Waals surface area contributed by atoms with E-state index in [9.17, 15) is 9.59 Å². The summed E-state index contributed by atoms with van der Waals surface area (Å²) in [6.45, 7) is -0.0296. The third kappa shape index (κ3) is 3.03. The Bertz CT molecular complexity index is 1110. The number of amides is 1. The lowest BCUT2D eigenvalue weighted by Crippen LogP contribution is -2.37. The molecule has 2 aliphatic rings. The topological polar surface area (TPSA) is 79.8 Å². The van der Waals surface area contributed by atoms with E-state index < -0.39 is 0 Å². The predicted octanol–water partition coefficient (Wildman–Crippen LogP) is 2.80. The molecule has 0 radical (unpaired) electrons. The molecule has 1 aromatic carbocycles. The molecule has 1 atom stereocenters. The Kier molecular flexibility index (Phi) is 4.26. The molecule has 1 amide bonds. The van der Waals surface area contributed by atoms with Crippen LogP contribution in [0.15, 0.2) is 35.1 Å². The largest absolute Gasteiger partial charge is 0.356 e. The molecule has 0 aliphatic heterocycles. The highest BCUT2D eigenvalue weighted by Crippen LogP contribution is 2.34. The van der Waals surface area contributed by atoms with Crippen molar-refractivity contribution in [3.63, 3.8) is 0 Å². The summed E-state index contributed by atoms with van der Waals surface area (Å²) in [7, 11) is 0. The molecule has 0 saturated carbocycles. The summed E-state index contributed by atoms with van der Waals surface area (Å²) in [5.41, 5.74) is 5.34. The van der Waals surface area contributed by atoms with Gasteiger partial charge in [0.2, 0.25) is 5.91 Å². The number of aromatic amines is 1. The molecule has 0 bridgehead atoms. The van der Waals surface area contributed by atoms with Gasteiger partial charge in [-0.15, -0.1) is 0 Å². The highest BCUT2D eigenvalue weighted by atomic mass is 16.2. The van der Waals surface area contributed by atoms with Gasteiger partial charge in [0, 0.05) is 22.7 Å². The Morgan fingerprint density at radius 3 is 2.96 bits per heavy atom. The molecule has 6 nitrogen and oxygen atoms in total. The van der Waals surface area contributed by atoms with Crippen LogP contribution in [-0.4, -0.2) is 20.7 Å². The minimum atomic E-state index is -0.189. The molecule has 2 aliphatic carbocycles. The minimum absolute atomic E-state index is 0.0296. The van der Waals surface area contributed by atoms with Gasteiger partial charge in [-0.2, -0.15) is 5.10 Å². The van der Waals surface area contributed by atoms with Gasteiger partial charge in [0.05, 0.1) is 11.7 Å². The summed E-state index contributed by atoms with van der Waals surface area (Å²) < 4.78 is 1.31. The minimum Gasteiger partial charge on any atom is -0.356 e. The van der Waals surface area contributed by atoms with Crippen LogP contribution >= 0.6 is 0 Å². The fraction of sp³-hybridized carbons (Fsp3) is 0.409. The van der Waals surface area contributed by atoms with Crippen LogP contribution in [0.25, 0.3) is 10.9 Å². The molecule has 28 heavy (non-hydrogen) atoms. The Labute approximate surface area is 163 Å². The average molecular weight is 376 g/mol. The zero-order chi connectivity index (χ0) is 19.1. The molecule has 5 rings (SSSR count). The number of aromatic nitrogens is 3. The highest BCUT2D eigenvalue weighted by Gasteiger charge is 2.25. The third-order valence-corrected chi connectivity index (χ3v) is 6.02. The molecule has 0 unspecified atom stereocenters. The number of nitrogens with zero attached hydrogens (tertiary/aromatic N) is 2. The number of benzene rings is 1. The van der Waals surface area contributed by atoms with Crippen LogP contribution in [0.5, 0.6) is 0 Å². The summed E-state index contributed by atoms with van der Waals surface area (Å²) in [6, 6.07) is 9.88. The summed E-state index contributed by atoms with van der Waals surface area (Å²) in [5.74, 6) is -0.165. The van der Waals surface area contributed by atoms with Crippen molar-refractivity contribution in [3.05, 3.63) is 63.2 Å². The lowest BCUT2D eigenvalue weighted by molar-refractivity contribution is -0.122. The second kappa shape index (κ2) is 6.93. The second-order valence-corrected chi connectivity index (χ2v) is 7.89. The van der Waals surface area contributed by atoms with E-state index in [4.69, 9.17) is 0 Å². The van der Waals surface area contributed by atoms with Crippen molar-refractivity contribution in [1.29, 1.82) is 0 Å². The van der Waals surface area contributed by atoms with Gasteiger partial charge in [-0.3, -0.25) is 9.59 Å². The van der Waals surface area contributed by atoms with Crippen LogP contribution in [0.3, 0.4) is 0 Å². The maximum Gasteiger partial charge on any atom is 0.267 e. The number of fused-ring (bicyclic) bond motifs is 4. The third-order valence-electron chi connectivity index (χ3n) is 6.02. The first-order valence-electron chi connectivity index (χ1n) is 10.2. The maximum atomic E-state index is 12.7. The fourth-order valence-electron chi connectivity index (χ4n) is 4.65. The van der Waals surface area contributed by atoms with Gasteiger partial charge in [0.15, 0.2) is 0 Å². The molecule has 3 aromatic rings. The molecule has 2 N–H and O–H groups in total. The number of nitrogens with one attached hydrogen (secondary N) is 2. The van der Waals surface area contributed by atoms with Crippen molar-refractivity contribution in [2.24, 2.45) is 0 Å². The lowest BCUT2D eigenvalue weighted by atomic mass is 9.91. The Morgan fingerprint density at radius 1 is 1.18 bits per heavy atom. The summed E-state index contributed by atoms with van der Waals surface area (Å²) in [5, 5.41) is 8.82. The first kappa shape index (κ1) is 17.2. The molecule has 2 aromatic heterocycles. The number of hydrogen-bond acceptors (Lipinski definition) is 3. The van der Waals surface area contributed by atoms with Crippen molar-refractivity contribution in [3.8, 4) is 0 Å². The molecule has 6 heteroatoms. The van der Waals surface area contributed by atoms with E-state index in [2.05, 4.69) is 27.5 Å². The van der Waals surface area contributed by atoms with E-state index in [1.807, 2.05) is 12.1 Å². The van der Waals surface area contributed by atoms with Gasteiger partial charge in [0.1, 0.15) is 6.54 Å². The van der Waals surface area contributed by atoms with Crippen LogP contribution in [0.2, 0.25) is 0 Å². The van der Waals surface area contributed by atoms with E-state index in [0.717, 1.165) is 67.4 Å². The number of H-pyrrole nitrogens is 1. The number of rotatable bonds is 3. The van der Waals surface area contributed by atoms with Crippen LogP contribution in [-0.2, 0) is 30.6 Å². The number of carbonyl (C=O) groups excluding carboxylic acids is 1. The van der Waals surface area contributed by atoms with E-state index in [1.165, 1.54) is 15.6 Å². The fourth-order valence-corrected chi connectivity index (χ4v) is 4.65. The van der Waals surface area contributed by atoms with Crippen molar-refractivity contribution in [2.75, 3.05) is 0 Å². The van der Waals surface area contributed by atoms with E-state index in [1.54, 1.807) is 6.07 Å². The molecular formula is C22H24N4O2. The molecule has 0 fully saturated rings. The van der Waals surface area contributed by atoms with E-state index >= 15 is 0 Å². The number of aryl methyl sites for hydroxylation is 3. The number of carbonyl (C=O) groups is 1. The zero-order valence-electron chi connectivity index (χ0n) is 15.8. The predicted molar refractivity (Wildman–Crippen MR) is 107 cm³/mol. The smallest absolute Gasteiger partial charge is 0.267 e. The van der Waals surface area contributed by atoms with Crippen molar-refractivity contribution in [1.82, 2.24) is 20.1 Å². The second-order valence-electron chi connectivity index (χ2n) is 7.89. The van der Waals surface area contributed by atoms with Crippen LogP contribution in [0.1, 0.15) is 54.2 Å². The van der Waals surface area contributed by atoms with Gasteiger partial charge in [-0.1, -0.05) is 18.2 Å². The Hall–Kier alpha value is -2.89. The normalized spacial score (nSPS) is 18.5. The quantitative estimate of drug-likeness (QED) is 0.738. The van der Waals surface area contributed by atoms with Crippen molar-refractivity contribution in [2.45, 2.75) is 57.5 Å². The summed E-state index contributed by atoms with van der Waals surface area (Å²) >= 11 is 0. The van der Waals surface area contributed by atoms with Gasteiger partial charge in [0.25, 0.3) is 5.56 Å². The monoisotopic (exact) mass is 376 g/mol. The summed E-state index contributed by atoms with van der Waals surface area (Å²) in [4.78, 5) is 28.5. The Morgan fingerprint density at radius 2 is 2.04 bits per heavy atom. The average Bonchev–Trinajstić information content (AvgIpc) is 3.08. The molecule has 0 saturated heterocycles. The van der Waals surface area contributed by atoms with Gasteiger partial charge < -0.3 is 10.3 Å². The van der Waals surface area contributed by atoms with E-state index in [-0.39, 0.29) is 24.1 Å². The van der Waals surface area contributed by atoms with Crippen molar-refractivity contribution >= 4 is 16.8 Å². The Balaban J connectivity index is 1.37. The standard InChI is InChI=1S/C22H24N4O2/c27-20(13-26-21(28)12-14-6-1-3-9-17(14)25-26)23-19-11-5-8-16-15-7-2-4-10-18(15)24-22(16)19/h2,4,7,10,12,19,24H,1,3,5-6,8-9,11,13H2,(H,23,27)/t19-/m1/s1. The zero-order valence-corrected chi connectivity index (χ0v) is 15.8. The van der Waals surface area contributed by atoms with Crippen LogP contribution in [0, 0.1) is 0 Å². The first-order valence-corrected chi connectivity index (χ1v) is 10.2. The number of para-hydroxylation sites is 1. The molecular weight excluding hydrogens is 352 g/mol. The molecule has 2 heterocycles. The SMILES string of the molecule is O=C(Cn1nc2c(cc1=O)CCCC2)N[C@@H]1CCCc2c1[nH]c1ccccc21. The van der Waals surface area contributed by atoms with Gasteiger partial charge in [-0.05, 0) is 62.1 Å². The van der Waals surface area contributed by atoms with Crippen LogP contribution < -0.4 is 10.9 Å². The van der Waals surface area contributed by atoms with E-state index in [0.29, 0.717) is 0 Å². The number of hydrogen-bond donors (Lipinski definition) is 2. The summed E-state index contributed by atoms with van der Waals surface area (Å²) in [6.07, 6.45) is 6.96.